The van der Waals surface area contributed by atoms with Crippen molar-refractivity contribution in [3.63, 3.8) is 0 Å². The van der Waals surface area contributed by atoms with Crippen LogP contribution in [0.15, 0.2) is 11.6 Å². The van der Waals surface area contributed by atoms with Gasteiger partial charge in [-0.2, -0.15) is 0 Å². The van der Waals surface area contributed by atoms with Crippen molar-refractivity contribution in [2.75, 3.05) is 0 Å². The lowest BCUT2D eigenvalue weighted by Gasteiger charge is -2.17. The third-order valence-electron chi connectivity index (χ3n) is 3.17. The molecule has 1 heterocycles. The van der Waals surface area contributed by atoms with Crippen LogP contribution in [0.1, 0.15) is 56.2 Å². The van der Waals surface area contributed by atoms with Crippen LogP contribution in [0.3, 0.4) is 0 Å². The number of nitrogens with zero attached hydrogens (tertiary/aromatic N) is 1. The second kappa shape index (κ2) is 4.17. The molecule has 0 unspecified atom stereocenters. The molecule has 0 aliphatic rings. The normalized spacial score (nSPS) is 11.9. The first kappa shape index (κ1) is 11.6. The number of benzene rings is 1. The van der Waals surface area contributed by atoms with Crippen LogP contribution in [0.2, 0.25) is 0 Å². The van der Waals surface area contributed by atoms with Gasteiger partial charge in [0.2, 0.25) is 0 Å². The van der Waals surface area contributed by atoms with Gasteiger partial charge >= 0.3 is 0 Å². The summed E-state index contributed by atoms with van der Waals surface area (Å²) in [5.74, 6) is 1.14. The highest BCUT2D eigenvalue weighted by molar-refractivity contribution is 7.17. The number of hydrogen-bond donors (Lipinski definition) is 0. The molecule has 0 spiro atoms. The molecular formula is C14H19NS. The molecule has 0 fully saturated rings. The Balaban J connectivity index is 2.81. The summed E-state index contributed by atoms with van der Waals surface area (Å²) in [4.78, 5) is 4.46. The molecule has 0 amide bonds. The van der Waals surface area contributed by atoms with Gasteiger partial charge in [0.1, 0.15) is 0 Å². The van der Waals surface area contributed by atoms with E-state index in [1.807, 2.05) is 5.51 Å². The van der Waals surface area contributed by atoms with Crippen LogP contribution in [-0.4, -0.2) is 4.98 Å². The molecule has 0 saturated heterocycles. The van der Waals surface area contributed by atoms with E-state index in [9.17, 15) is 0 Å². The lowest BCUT2D eigenvalue weighted by atomic mass is 9.89. The first-order valence-electron chi connectivity index (χ1n) is 5.89. The van der Waals surface area contributed by atoms with Crippen molar-refractivity contribution in [2.24, 2.45) is 0 Å². The van der Waals surface area contributed by atoms with Crippen LogP contribution in [0.25, 0.3) is 10.2 Å². The molecule has 2 heteroatoms. The lowest BCUT2D eigenvalue weighted by molar-refractivity contribution is 0.826. The van der Waals surface area contributed by atoms with Gasteiger partial charge in [-0.3, -0.25) is 0 Å². The fourth-order valence-corrected chi connectivity index (χ4v) is 3.46. The predicted octanol–water partition coefficient (Wildman–Crippen LogP) is 4.85. The molecule has 0 bridgehead atoms. The molecular weight excluding hydrogens is 214 g/mol. The van der Waals surface area contributed by atoms with Gasteiger partial charge in [-0.25, -0.2) is 4.98 Å². The second-order valence-corrected chi connectivity index (χ2v) is 5.87. The van der Waals surface area contributed by atoms with E-state index in [-0.39, 0.29) is 0 Å². The van der Waals surface area contributed by atoms with Crippen LogP contribution in [0, 0.1) is 6.92 Å². The summed E-state index contributed by atoms with van der Waals surface area (Å²) in [5.41, 5.74) is 7.52. The highest BCUT2D eigenvalue weighted by Crippen LogP contribution is 2.35. The Bertz CT molecular complexity index is 509. The van der Waals surface area contributed by atoms with Gasteiger partial charge in [-0.1, -0.05) is 27.7 Å². The summed E-state index contributed by atoms with van der Waals surface area (Å²) in [6.45, 7) is 11.3. The van der Waals surface area contributed by atoms with E-state index in [1.165, 1.54) is 26.9 Å². The molecule has 0 N–H and O–H groups in total. The van der Waals surface area contributed by atoms with E-state index < -0.39 is 0 Å². The van der Waals surface area contributed by atoms with Gasteiger partial charge in [0.05, 0.1) is 15.7 Å². The van der Waals surface area contributed by atoms with Crippen molar-refractivity contribution in [2.45, 2.75) is 46.5 Å². The van der Waals surface area contributed by atoms with E-state index in [2.05, 4.69) is 45.7 Å². The van der Waals surface area contributed by atoms with Crippen molar-refractivity contribution >= 4 is 21.6 Å². The average molecular weight is 233 g/mol. The molecule has 0 saturated carbocycles. The fourth-order valence-electron chi connectivity index (χ4n) is 2.44. The van der Waals surface area contributed by atoms with E-state index in [0.717, 1.165) is 0 Å². The summed E-state index contributed by atoms with van der Waals surface area (Å²) < 4.78 is 1.37. The predicted molar refractivity (Wildman–Crippen MR) is 72.5 cm³/mol. The van der Waals surface area contributed by atoms with Gasteiger partial charge in [-0.05, 0) is 41.5 Å². The first-order valence-corrected chi connectivity index (χ1v) is 6.77. The molecule has 0 radical (unpaired) electrons. The minimum Gasteiger partial charge on any atom is -0.245 e. The fraction of sp³-hybridized carbons (Fsp3) is 0.500. The zero-order valence-electron chi connectivity index (χ0n) is 10.7. The Kier molecular flexibility index (Phi) is 3.02. The minimum atomic E-state index is 0.571. The van der Waals surface area contributed by atoms with Crippen molar-refractivity contribution < 1.29 is 0 Å². The molecule has 1 nitrogen and oxygen atoms in total. The number of rotatable bonds is 2. The average Bonchev–Trinajstić information content (AvgIpc) is 2.62. The molecule has 2 aromatic rings. The maximum absolute atomic E-state index is 4.46. The number of aromatic nitrogens is 1. The Hall–Kier alpha value is -0.890. The van der Waals surface area contributed by atoms with Crippen LogP contribution < -0.4 is 0 Å². The highest BCUT2D eigenvalue weighted by Gasteiger charge is 2.16. The van der Waals surface area contributed by atoms with E-state index >= 15 is 0 Å². The molecule has 0 aliphatic heterocycles. The molecule has 86 valence electrons. The Morgan fingerprint density at radius 2 is 1.81 bits per heavy atom. The van der Waals surface area contributed by atoms with E-state index in [1.54, 1.807) is 11.3 Å². The zero-order chi connectivity index (χ0) is 11.9. The van der Waals surface area contributed by atoms with Crippen molar-refractivity contribution in [1.29, 1.82) is 0 Å². The smallest absolute Gasteiger partial charge is 0.0817 e. The maximum atomic E-state index is 4.46. The van der Waals surface area contributed by atoms with Crippen LogP contribution in [-0.2, 0) is 0 Å². The summed E-state index contributed by atoms with van der Waals surface area (Å²) in [6.07, 6.45) is 0. The summed E-state index contributed by atoms with van der Waals surface area (Å²) >= 11 is 1.77. The van der Waals surface area contributed by atoms with Crippen molar-refractivity contribution in [3.05, 3.63) is 28.3 Å². The largest absolute Gasteiger partial charge is 0.245 e. The topological polar surface area (TPSA) is 12.9 Å². The third kappa shape index (κ3) is 1.75. The molecule has 1 aromatic heterocycles. The van der Waals surface area contributed by atoms with Gasteiger partial charge in [-0.15, -0.1) is 11.3 Å². The molecule has 2 rings (SSSR count). The highest BCUT2D eigenvalue weighted by atomic mass is 32.1. The van der Waals surface area contributed by atoms with Crippen LogP contribution in [0.5, 0.6) is 0 Å². The quantitative estimate of drug-likeness (QED) is 0.722. The van der Waals surface area contributed by atoms with E-state index in [4.69, 9.17) is 0 Å². The molecule has 16 heavy (non-hydrogen) atoms. The number of thiazole rings is 1. The second-order valence-electron chi connectivity index (χ2n) is 5.01. The van der Waals surface area contributed by atoms with Crippen LogP contribution in [0.4, 0.5) is 0 Å². The Labute approximate surface area is 102 Å². The number of fused-ring (bicyclic) bond motifs is 1. The first-order chi connectivity index (χ1) is 7.52. The lowest BCUT2D eigenvalue weighted by Crippen LogP contribution is -2.00. The summed E-state index contributed by atoms with van der Waals surface area (Å²) in [7, 11) is 0. The van der Waals surface area contributed by atoms with Gasteiger partial charge in [0, 0.05) is 0 Å². The van der Waals surface area contributed by atoms with Gasteiger partial charge in [0.15, 0.2) is 0 Å². The molecule has 0 atom stereocenters. The standard InChI is InChI=1S/C14H19NS/c1-8(2)11-6-12-14(16-7-15-12)13(9(3)4)10(11)5/h6-9H,1-5H3. The monoisotopic (exact) mass is 233 g/mol. The van der Waals surface area contributed by atoms with Crippen LogP contribution >= 0.6 is 11.3 Å². The zero-order valence-corrected chi connectivity index (χ0v) is 11.5. The Morgan fingerprint density at radius 1 is 1.12 bits per heavy atom. The summed E-state index contributed by atoms with van der Waals surface area (Å²) in [5, 5.41) is 0. The SMILES string of the molecule is Cc1c(C(C)C)cc2ncsc2c1C(C)C. The number of hydrogen-bond acceptors (Lipinski definition) is 2. The van der Waals surface area contributed by atoms with Crippen molar-refractivity contribution in [1.82, 2.24) is 4.98 Å². The Morgan fingerprint density at radius 3 is 2.38 bits per heavy atom. The van der Waals surface area contributed by atoms with Crippen molar-refractivity contribution in [3.8, 4) is 0 Å². The molecule has 0 aliphatic carbocycles. The van der Waals surface area contributed by atoms with Gasteiger partial charge < -0.3 is 0 Å². The minimum absolute atomic E-state index is 0.571. The van der Waals surface area contributed by atoms with E-state index in [0.29, 0.717) is 11.8 Å². The third-order valence-corrected chi connectivity index (χ3v) is 4.04. The van der Waals surface area contributed by atoms with Gasteiger partial charge in [0.25, 0.3) is 0 Å². The summed E-state index contributed by atoms with van der Waals surface area (Å²) in [6, 6.07) is 2.26. The maximum Gasteiger partial charge on any atom is 0.0817 e. The molecule has 1 aromatic carbocycles.